The molecule has 21 heavy (non-hydrogen) atoms. The van der Waals surface area contributed by atoms with Crippen LogP contribution in [-0.4, -0.2) is 40.5 Å². The van der Waals surface area contributed by atoms with E-state index in [1.165, 1.54) is 6.42 Å². The van der Waals surface area contributed by atoms with Gasteiger partial charge in [0.1, 0.15) is 0 Å². The zero-order valence-electron chi connectivity index (χ0n) is 12.7. The number of amides is 2. The van der Waals surface area contributed by atoms with Crippen molar-refractivity contribution in [1.82, 2.24) is 10.2 Å². The summed E-state index contributed by atoms with van der Waals surface area (Å²) in [4.78, 5) is 14.8. The minimum atomic E-state index is -1.05. The molecule has 5 heteroatoms. The summed E-state index contributed by atoms with van der Waals surface area (Å²) in [5.41, 5.74) is 0. The molecule has 3 atom stereocenters. The molecular weight excluding hydrogens is 284 g/mol. The summed E-state index contributed by atoms with van der Waals surface area (Å²) in [6.07, 6.45) is 1.18. The molecule has 1 aromatic carbocycles. The molecule has 0 bridgehead atoms. The van der Waals surface area contributed by atoms with Crippen LogP contribution in [0.1, 0.15) is 20.3 Å². The maximum Gasteiger partial charge on any atom is 0.317 e. The predicted molar refractivity (Wildman–Crippen MR) is 85.6 cm³/mol. The minimum Gasteiger partial charge on any atom is -0.337 e. The van der Waals surface area contributed by atoms with Crippen LogP contribution in [-0.2, 0) is 10.8 Å². The molecule has 2 rings (SSSR count). The van der Waals surface area contributed by atoms with Crippen LogP contribution >= 0.6 is 0 Å². The highest BCUT2D eigenvalue weighted by Crippen LogP contribution is 2.20. The molecule has 3 unspecified atom stereocenters. The van der Waals surface area contributed by atoms with E-state index in [9.17, 15) is 9.00 Å². The molecule has 1 heterocycles. The van der Waals surface area contributed by atoms with E-state index in [0.29, 0.717) is 24.1 Å². The molecule has 0 aliphatic carbocycles. The Morgan fingerprint density at radius 1 is 1.24 bits per heavy atom. The Morgan fingerprint density at radius 3 is 2.48 bits per heavy atom. The number of likely N-dealkylation sites (tertiary alicyclic amines) is 1. The number of piperidine rings is 1. The van der Waals surface area contributed by atoms with E-state index in [1.807, 2.05) is 35.2 Å². The van der Waals surface area contributed by atoms with Gasteiger partial charge in [0.25, 0.3) is 0 Å². The van der Waals surface area contributed by atoms with Crippen molar-refractivity contribution in [2.75, 3.05) is 25.4 Å². The van der Waals surface area contributed by atoms with Crippen LogP contribution in [0, 0.1) is 11.8 Å². The second-order valence-electron chi connectivity index (χ2n) is 5.95. The maximum atomic E-state index is 12.1. The van der Waals surface area contributed by atoms with Gasteiger partial charge in [-0.25, -0.2) is 4.79 Å². The number of carbonyl (C=O) groups is 1. The SMILES string of the molecule is CC1CC(C)CN(C(=O)NCCS(=O)c2ccccc2)C1. The highest BCUT2D eigenvalue weighted by atomic mass is 32.2. The predicted octanol–water partition coefficient (Wildman–Crippen LogP) is 2.48. The van der Waals surface area contributed by atoms with E-state index < -0.39 is 10.8 Å². The number of carbonyl (C=O) groups excluding carboxylic acids is 1. The molecule has 4 nitrogen and oxygen atoms in total. The van der Waals surface area contributed by atoms with E-state index in [-0.39, 0.29) is 6.03 Å². The first kappa shape index (κ1) is 16.0. The van der Waals surface area contributed by atoms with Gasteiger partial charge in [-0.15, -0.1) is 0 Å². The molecule has 1 N–H and O–H groups in total. The van der Waals surface area contributed by atoms with Crippen LogP contribution in [0.3, 0.4) is 0 Å². The first-order valence-corrected chi connectivity index (χ1v) is 8.84. The number of hydrogen-bond donors (Lipinski definition) is 1. The zero-order valence-corrected chi connectivity index (χ0v) is 13.6. The van der Waals surface area contributed by atoms with E-state index in [4.69, 9.17) is 0 Å². The van der Waals surface area contributed by atoms with E-state index >= 15 is 0 Å². The van der Waals surface area contributed by atoms with Gasteiger partial charge in [-0.3, -0.25) is 4.21 Å². The lowest BCUT2D eigenvalue weighted by Crippen LogP contribution is -2.48. The largest absolute Gasteiger partial charge is 0.337 e. The number of nitrogens with one attached hydrogen (secondary N) is 1. The van der Waals surface area contributed by atoms with Crippen LogP contribution in [0.5, 0.6) is 0 Å². The molecule has 1 aliphatic rings. The van der Waals surface area contributed by atoms with Gasteiger partial charge in [0.05, 0.1) is 10.8 Å². The van der Waals surface area contributed by atoms with Crippen LogP contribution in [0.4, 0.5) is 4.79 Å². The maximum absolute atomic E-state index is 12.1. The highest BCUT2D eigenvalue weighted by Gasteiger charge is 2.25. The molecule has 0 radical (unpaired) electrons. The number of benzene rings is 1. The lowest BCUT2D eigenvalue weighted by atomic mass is 9.92. The standard InChI is InChI=1S/C16H24N2O2S/c1-13-10-14(2)12-18(11-13)16(19)17-8-9-21(20)15-6-4-3-5-7-15/h3-7,13-14H,8-12H2,1-2H3,(H,17,19). The zero-order chi connectivity index (χ0) is 15.2. The van der Waals surface area contributed by atoms with Crippen molar-refractivity contribution in [2.45, 2.75) is 25.2 Å². The molecular formula is C16H24N2O2S. The normalized spacial score (nSPS) is 23.6. The van der Waals surface area contributed by atoms with Gasteiger partial charge in [-0.1, -0.05) is 32.0 Å². The average molecular weight is 308 g/mol. The lowest BCUT2D eigenvalue weighted by Gasteiger charge is -2.34. The Morgan fingerprint density at radius 2 is 1.86 bits per heavy atom. The number of rotatable bonds is 4. The molecule has 1 saturated heterocycles. The van der Waals surface area contributed by atoms with Crippen molar-refractivity contribution in [3.63, 3.8) is 0 Å². The van der Waals surface area contributed by atoms with Crippen molar-refractivity contribution in [1.29, 1.82) is 0 Å². The van der Waals surface area contributed by atoms with Gasteiger partial charge in [0.15, 0.2) is 0 Å². The fourth-order valence-corrected chi connectivity index (χ4v) is 3.87. The first-order chi connectivity index (χ1) is 10.1. The molecule has 2 amide bonds. The van der Waals surface area contributed by atoms with Gasteiger partial charge in [0.2, 0.25) is 0 Å². The smallest absolute Gasteiger partial charge is 0.317 e. The summed E-state index contributed by atoms with van der Waals surface area (Å²) in [5.74, 6) is 1.56. The molecule has 116 valence electrons. The van der Waals surface area contributed by atoms with Crippen molar-refractivity contribution < 1.29 is 9.00 Å². The van der Waals surface area contributed by atoms with Gasteiger partial charge >= 0.3 is 6.03 Å². The van der Waals surface area contributed by atoms with Gasteiger partial charge in [-0.2, -0.15) is 0 Å². The molecule has 1 aromatic rings. The molecule has 0 spiro atoms. The fraction of sp³-hybridized carbons (Fsp3) is 0.562. The van der Waals surface area contributed by atoms with Gasteiger partial charge < -0.3 is 10.2 Å². The third-order valence-corrected chi connectivity index (χ3v) is 5.10. The third-order valence-electron chi connectivity index (χ3n) is 3.73. The Kier molecular flexibility index (Phi) is 5.79. The van der Waals surface area contributed by atoms with E-state index in [1.54, 1.807) is 0 Å². The molecule has 0 aromatic heterocycles. The van der Waals surface area contributed by atoms with E-state index in [0.717, 1.165) is 18.0 Å². The summed E-state index contributed by atoms with van der Waals surface area (Å²) < 4.78 is 12.1. The quantitative estimate of drug-likeness (QED) is 0.929. The Labute approximate surface area is 129 Å². The summed E-state index contributed by atoms with van der Waals surface area (Å²) in [7, 11) is -1.05. The van der Waals surface area contributed by atoms with Crippen LogP contribution in [0.25, 0.3) is 0 Å². The number of hydrogen-bond acceptors (Lipinski definition) is 2. The lowest BCUT2D eigenvalue weighted by molar-refractivity contribution is 0.146. The first-order valence-electron chi connectivity index (χ1n) is 7.52. The Hall–Kier alpha value is -1.36. The Bertz CT molecular complexity index is 482. The number of urea groups is 1. The monoisotopic (exact) mass is 308 g/mol. The van der Waals surface area contributed by atoms with Crippen LogP contribution in [0.15, 0.2) is 35.2 Å². The van der Waals surface area contributed by atoms with Gasteiger partial charge in [0, 0.05) is 30.3 Å². The number of nitrogens with zero attached hydrogens (tertiary/aromatic N) is 1. The van der Waals surface area contributed by atoms with Crippen LogP contribution in [0.2, 0.25) is 0 Å². The van der Waals surface area contributed by atoms with Crippen molar-refractivity contribution >= 4 is 16.8 Å². The minimum absolute atomic E-state index is 0.0292. The summed E-state index contributed by atoms with van der Waals surface area (Å²) in [6, 6.07) is 9.34. The summed E-state index contributed by atoms with van der Waals surface area (Å²) in [5, 5.41) is 2.89. The Balaban J connectivity index is 1.75. The fourth-order valence-electron chi connectivity index (χ4n) is 2.88. The van der Waals surface area contributed by atoms with Gasteiger partial charge in [-0.05, 0) is 30.4 Å². The highest BCUT2D eigenvalue weighted by molar-refractivity contribution is 7.85. The van der Waals surface area contributed by atoms with Crippen LogP contribution < -0.4 is 5.32 Å². The van der Waals surface area contributed by atoms with Crippen molar-refractivity contribution in [3.8, 4) is 0 Å². The second kappa shape index (κ2) is 7.59. The molecule has 1 aliphatic heterocycles. The van der Waals surface area contributed by atoms with E-state index in [2.05, 4.69) is 19.2 Å². The van der Waals surface area contributed by atoms with Crippen molar-refractivity contribution in [2.24, 2.45) is 11.8 Å². The summed E-state index contributed by atoms with van der Waals surface area (Å²) >= 11 is 0. The topological polar surface area (TPSA) is 49.4 Å². The molecule has 0 saturated carbocycles. The second-order valence-corrected chi connectivity index (χ2v) is 7.52. The third kappa shape index (κ3) is 4.84. The average Bonchev–Trinajstić information content (AvgIpc) is 2.47. The van der Waals surface area contributed by atoms with Crippen molar-refractivity contribution in [3.05, 3.63) is 30.3 Å². The summed E-state index contributed by atoms with van der Waals surface area (Å²) in [6.45, 7) is 6.44. The molecule has 1 fully saturated rings.